The number of rotatable bonds is 4. The van der Waals surface area contributed by atoms with Gasteiger partial charge in [-0.3, -0.25) is 0 Å². The first-order valence-electron chi connectivity index (χ1n) is 5.41. The minimum Gasteiger partial charge on any atom is -0.114 e. The zero-order valence-corrected chi connectivity index (χ0v) is 16.0. The fourth-order valence-corrected chi connectivity index (χ4v) is 0.694. The number of hydrogen-bond donors (Lipinski definition) is 0. The molecular formula is C14H35BBr3. The Balaban J connectivity index is -0.0000000183. The van der Waals surface area contributed by atoms with Crippen molar-refractivity contribution in [3.05, 3.63) is 12.7 Å². The maximum Gasteiger partial charge on any atom is 0.0114 e. The molecule has 0 aliphatic rings. The minimum absolute atomic E-state index is 0. The van der Waals surface area contributed by atoms with Crippen LogP contribution in [-0.4, -0.2) is 18.6 Å². The lowest BCUT2D eigenvalue weighted by atomic mass is 10.4. The topological polar surface area (TPSA) is 0 Å². The molecule has 0 aromatic carbocycles. The predicted octanol–water partition coefficient (Wildman–Crippen LogP) is 7.41. The maximum atomic E-state index is 3.48. The lowest BCUT2D eigenvalue weighted by Crippen LogP contribution is -1.80. The Bertz CT molecular complexity index is 87.1. The molecule has 0 aromatic rings. The molecule has 0 bridgehead atoms. The fourth-order valence-electron chi connectivity index (χ4n) is 0.134. The lowest BCUT2D eigenvalue weighted by Gasteiger charge is -1.88. The molecule has 0 fully saturated rings. The zero-order valence-electron chi connectivity index (χ0n) is 11.1. The van der Waals surface area contributed by atoms with Crippen LogP contribution in [0.3, 0.4) is 0 Å². The van der Waals surface area contributed by atoms with Crippen LogP contribution in [0.25, 0.3) is 0 Å². The van der Waals surface area contributed by atoms with Crippen molar-refractivity contribution in [3.8, 4) is 0 Å². The van der Waals surface area contributed by atoms with E-state index < -0.39 is 0 Å². The van der Waals surface area contributed by atoms with Crippen LogP contribution in [0.2, 0.25) is 0 Å². The van der Waals surface area contributed by atoms with E-state index in [-0.39, 0.29) is 40.2 Å². The number of halogens is 3. The van der Waals surface area contributed by atoms with Crippen molar-refractivity contribution < 1.29 is 0 Å². The molecule has 115 valence electrons. The highest BCUT2D eigenvalue weighted by molar-refractivity contribution is 9.09. The second-order valence-electron chi connectivity index (χ2n) is 2.93. The Kier molecular flexibility index (Phi) is 123. The van der Waals surface area contributed by atoms with E-state index in [0.29, 0.717) is 4.83 Å². The summed E-state index contributed by atoms with van der Waals surface area (Å²) >= 11 is 6.68. The quantitative estimate of drug-likeness (QED) is 0.236. The van der Waals surface area contributed by atoms with Crippen molar-refractivity contribution in [3.63, 3.8) is 0 Å². The smallest absolute Gasteiger partial charge is 0.0114 e. The van der Waals surface area contributed by atoms with E-state index in [4.69, 9.17) is 0 Å². The molecule has 0 heterocycles. The van der Waals surface area contributed by atoms with Crippen LogP contribution >= 0.6 is 48.8 Å². The molecule has 0 amide bonds. The second kappa shape index (κ2) is 51.7. The first-order chi connectivity index (χ1) is 6.60. The van der Waals surface area contributed by atoms with Crippen molar-refractivity contribution in [1.82, 2.24) is 0 Å². The first-order valence-corrected chi connectivity index (χ1v) is 7.45. The summed E-state index contributed by atoms with van der Waals surface area (Å²) in [6, 6.07) is 0. The van der Waals surface area contributed by atoms with Crippen LogP contribution in [0.5, 0.6) is 0 Å². The van der Waals surface area contributed by atoms with Gasteiger partial charge in [0.05, 0.1) is 0 Å². The summed E-state index contributed by atoms with van der Waals surface area (Å²) in [5.74, 6) is 0. The van der Waals surface area contributed by atoms with Gasteiger partial charge in [0.2, 0.25) is 0 Å². The van der Waals surface area contributed by atoms with Gasteiger partial charge in [0, 0.05) is 18.6 Å². The monoisotopic (exact) mass is 451 g/mol. The lowest BCUT2D eigenvalue weighted by molar-refractivity contribution is 0.902. The largest absolute Gasteiger partial charge is 0.114 e. The second-order valence-corrected chi connectivity index (χ2v) is 5.28. The zero-order chi connectivity index (χ0) is 11.8. The van der Waals surface area contributed by atoms with E-state index in [0.717, 1.165) is 11.8 Å². The Morgan fingerprint density at radius 3 is 1.44 bits per heavy atom. The average Bonchev–Trinajstić information content (AvgIpc) is 2.20. The van der Waals surface area contributed by atoms with Crippen LogP contribution in [0.15, 0.2) is 12.7 Å². The van der Waals surface area contributed by atoms with Crippen LogP contribution in [0, 0.1) is 0 Å². The number of alkyl halides is 2. The molecular weight excluding hydrogens is 419 g/mol. The van der Waals surface area contributed by atoms with E-state index in [1.807, 2.05) is 6.08 Å². The highest BCUT2D eigenvalue weighted by Crippen LogP contribution is 1.99. The Morgan fingerprint density at radius 1 is 1.17 bits per heavy atom. The Morgan fingerprint density at radius 2 is 1.44 bits per heavy atom. The molecule has 0 spiro atoms. The normalized spacial score (nSPS) is 7.89. The summed E-state index contributed by atoms with van der Waals surface area (Å²) in [6.45, 7) is 12.0. The molecule has 0 saturated heterocycles. The molecule has 0 aliphatic heterocycles. The minimum atomic E-state index is 0. The number of allylic oxidation sites excluding steroid dienone is 1. The molecule has 1 unspecified atom stereocenters. The summed E-state index contributed by atoms with van der Waals surface area (Å²) in [4.78, 5) is 0.697. The first kappa shape index (κ1) is 42.7. The van der Waals surface area contributed by atoms with Gasteiger partial charge in [-0.1, -0.05) is 86.9 Å². The number of hydrogen-bond acceptors (Lipinski definition) is 0. The van der Waals surface area contributed by atoms with Crippen molar-refractivity contribution in [2.45, 2.75) is 73.1 Å². The molecule has 1 atom stereocenters. The molecule has 0 rings (SSSR count). The van der Waals surface area contributed by atoms with Crippen molar-refractivity contribution in [2.24, 2.45) is 0 Å². The highest BCUT2D eigenvalue weighted by Gasteiger charge is 1.82. The molecule has 3 radical (unpaired) electrons. The van der Waals surface area contributed by atoms with E-state index in [1.165, 1.54) is 19.3 Å². The summed E-state index contributed by atoms with van der Waals surface area (Å²) < 4.78 is 0. The molecule has 4 heteroatoms. The van der Waals surface area contributed by atoms with Gasteiger partial charge in [-0.05, 0) is 19.3 Å². The van der Waals surface area contributed by atoms with Crippen molar-refractivity contribution >= 4 is 57.3 Å². The summed E-state index contributed by atoms with van der Waals surface area (Å²) in [5.41, 5.74) is 0. The van der Waals surface area contributed by atoms with Gasteiger partial charge in [-0.2, -0.15) is 0 Å². The van der Waals surface area contributed by atoms with Gasteiger partial charge >= 0.3 is 0 Å². The molecule has 0 aliphatic carbocycles. The van der Waals surface area contributed by atoms with Crippen LogP contribution in [-0.2, 0) is 0 Å². The van der Waals surface area contributed by atoms with E-state index in [2.05, 4.69) is 66.1 Å². The SMILES string of the molecule is Br.C.C.C=CCC.CCC(C)Br.CCCCBr.[B]. The van der Waals surface area contributed by atoms with Gasteiger partial charge < -0.3 is 0 Å². The molecule has 18 heavy (non-hydrogen) atoms. The Labute approximate surface area is 147 Å². The number of unbranched alkanes of at least 4 members (excludes halogenated alkanes) is 1. The summed E-state index contributed by atoms with van der Waals surface area (Å²) in [7, 11) is 0. The third kappa shape index (κ3) is 117. The molecule has 0 N–H and O–H groups in total. The molecule has 0 aromatic heterocycles. The average molecular weight is 454 g/mol. The van der Waals surface area contributed by atoms with Crippen LogP contribution in [0.1, 0.15) is 68.2 Å². The molecule has 0 nitrogen and oxygen atoms in total. The highest BCUT2D eigenvalue weighted by atomic mass is 79.9. The Hall–Kier alpha value is 1.24. The van der Waals surface area contributed by atoms with Crippen LogP contribution < -0.4 is 0 Å². The van der Waals surface area contributed by atoms with E-state index in [1.54, 1.807) is 0 Å². The van der Waals surface area contributed by atoms with Gasteiger partial charge in [0.1, 0.15) is 0 Å². The van der Waals surface area contributed by atoms with Gasteiger partial charge in [-0.25, -0.2) is 0 Å². The summed E-state index contributed by atoms with van der Waals surface area (Å²) in [5, 5.41) is 1.16. The fraction of sp³-hybridized carbons (Fsp3) is 0.857. The maximum absolute atomic E-state index is 3.48. The third-order valence-electron chi connectivity index (χ3n) is 1.34. The van der Waals surface area contributed by atoms with Gasteiger partial charge in [-0.15, -0.1) is 23.6 Å². The van der Waals surface area contributed by atoms with Gasteiger partial charge in [0.25, 0.3) is 0 Å². The van der Waals surface area contributed by atoms with Crippen molar-refractivity contribution in [2.75, 3.05) is 5.33 Å². The van der Waals surface area contributed by atoms with Crippen LogP contribution in [0.4, 0.5) is 0 Å². The summed E-state index contributed by atoms with van der Waals surface area (Å²) in [6.07, 6.45) is 6.78. The standard InChI is InChI=1S/2C4H9Br.C4H8.2CH4.B.BrH/c1-3-4(2)5;1-2-3-4-5;1-3-4-2;;;;/h4H,3H2,1-2H3;2-4H2,1H3;3H,1,4H2,2H3;2*1H4;;1H. The van der Waals surface area contributed by atoms with E-state index in [9.17, 15) is 0 Å². The third-order valence-corrected chi connectivity index (χ3v) is 2.55. The van der Waals surface area contributed by atoms with Gasteiger partial charge in [0.15, 0.2) is 0 Å². The van der Waals surface area contributed by atoms with E-state index >= 15 is 0 Å². The predicted molar refractivity (Wildman–Crippen MR) is 107 cm³/mol. The van der Waals surface area contributed by atoms with Crippen molar-refractivity contribution in [1.29, 1.82) is 0 Å². The molecule has 0 saturated carbocycles.